The number of benzene rings is 2. The molecule has 0 radical (unpaired) electrons. The SMILES string of the molecule is CN=C(NCCc1ccc(OC)c(OC)c1)NCc1nncn1-c1ccccc1.I. The van der Waals surface area contributed by atoms with E-state index in [0.29, 0.717) is 12.5 Å². The Kier molecular flexibility index (Phi) is 9.39. The number of para-hydroxylation sites is 1. The molecule has 0 aliphatic rings. The highest BCUT2D eigenvalue weighted by molar-refractivity contribution is 14.0. The van der Waals surface area contributed by atoms with Gasteiger partial charge in [-0.15, -0.1) is 34.2 Å². The van der Waals surface area contributed by atoms with Crippen molar-refractivity contribution >= 4 is 29.9 Å². The lowest BCUT2D eigenvalue weighted by Gasteiger charge is -2.13. The first kappa shape index (κ1) is 23.5. The average molecular weight is 522 g/mol. The number of nitrogens with one attached hydrogen (secondary N) is 2. The van der Waals surface area contributed by atoms with Crippen molar-refractivity contribution in [2.45, 2.75) is 13.0 Å². The number of ether oxygens (including phenoxy) is 2. The predicted molar refractivity (Wildman–Crippen MR) is 128 cm³/mol. The molecule has 160 valence electrons. The Morgan fingerprint density at radius 3 is 2.50 bits per heavy atom. The van der Waals surface area contributed by atoms with Gasteiger partial charge in [0.25, 0.3) is 0 Å². The molecule has 8 nitrogen and oxygen atoms in total. The van der Waals surface area contributed by atoms with E-state index in [1.165, 1.54) is 0 Å². The van der Waals surface area contributed by atoms with E-state index in [0.717, 1.165) is 41.5 Å². The Bertz CT molecular complexity index is 946. The maximum atomic E-state index is 5.36. The third-order valence-corrected chi connectivity index (χ3v) is 4.44. The Labute approximate surface area is 193 Å². The third-order valence-electron chi connectivity index (χ3n) is 4.44. The summed E-state index contributed by atoms with van der Waals surface area (Å²) in [7, 11) is 5.01. The first-order valence-corrected chi connectivity index (χ1v) is 9.35. The van der Waals surface area contributed by atoms with Crippen molar-refractivity contribution in [2.24, 2.45) is 4.99 Å². The van der Waals surface area contributed by atoms with Gasteiger partial charge in [0.1, 0.15) is 6.33 Å². The Morgan fingerprint density at radius 2 is 1.80 bits per heavy atom. The molecule has 0 saturated carbocycles. The van der Waals surface area contributed by atoms with Gasteiger partial charge in [0.05, 0.1) is 20.8 Å². The first-order chi connectivity index (χ1) is 14.2. The van der Waals surface area contributed by atoms with E-state index < -0.39 is 0 Å². The van der Waals surface area contributed by atoms with Crippen LogP contribution < -0.4 is 20.1 Å². The van der Waals surface area contributed by atoms with Crippen molar-refractivity contribution in [3.05, 3.63) is 66.2 Å². The standard InChI is InChI=1S/C21H26N6O2.HI/c1-22-21(23-12-11-16-9-10-18(28-2)19(13-16)29-3)24-14-20-26-25-15-27(20)17-7-5-4-6-8-17;/h4-10,13,15H,11-12,14H2,1-3H3,(H2,22,23,24);1H. The van der Waals surface area contributed by atoms with Crippen LogP contribution in [-0.4, -0.2) is 48.5 Å². The van der Waals surface area contributed by atoms with Gasteiger partial charge in [0.2, 0.25) is 0 Å². The van der Waals surface area contributed by atoms with E-state index in [1.807, 2.05) is 53.1 Å². The summed E-state index contributed by atoms with van der Waals surface area (Å²) < 4.78 is 12.6. The van der Waals surface area contributed by atoms with Crippen molar-refractivity contribution in [3.8, 4) is 17.2 Å². The van der Waals surface area contributed by atoms with Crippen LogP contribution in [0.3, 0.4) is 0 Å². The van der Waals surface area contributed by atoms with Crippen LogP contribution in [0.2, 0.25) is 0 Å². The molecule has 2 N–H and O–H groups in total. The smallest absolute Gasteiger partial charge is 0.191 e. The number of nitrogens with zero attached hydrogens (tertiary/aromatic N) is 4. The zero-order valence-corrected chi connectivity index (χ0v) is 19.7. The summed E-state index contributed by atoms with van der Waals surface area (Å²) in [6, 6.07) is 15.9. The zero-order chi connectivity index (χ0) is 20.5. The van der Waals surface area contributed by atoms with Crippen LogP contribution in [0.4, 0.5) is 0 Å². The zero-order valence-electron chi connectivity index (χ0n) is 17.3. The summed E-state index contributed by atoms with van der Waals surface area (Å²) in [5.41, 5.74) is 2.17. The number of aromatic nitrogens is 3. The predicted octanol–water partition coefficient (Wildman–Crippen LogP) is 2.81. The minimum absolute atomic E-state index is 0. The fourth-order valence-corrected chi connectivity index (χ4v) is 2.93. The molecule has 0 aliphatic carbocycles. The number of hydrogen-bond acceptors (Lipinski definition) is 5. The maximum Gasteiger partial charge on any atom is 0.191 e. The van der Waals surface area contributed by atoms with Crippen LogP contribution in [0.5, 0.6) is 11.5 Å². The molecule has 0 aliphatic heterocycles. The first-order valence-electron chi connectivity index (χ1n) is 9.35. The molecule has 3 aromatic rings. The minimum Gasteiger partial charge on any atom is -0.493 e. The summed E-state index contributed by atoms with van der Waals surface area (Å²) >= 11 is 0. The molecule has 1 aromatic heterocycles. The molecule has 3 rings (SSSR count). The molecule has 2 aromatic carbocycles. The van der Waals surface area contributed by atoms with Gasteiger partial charge in [0.15, 0.2) is 23.3 Å². The molecular formula is C21H27IN6O2. The summed E-state index contributed by atoms with van der Waals surface area (Å²) in [4.78, 5) is 4.27. The monoisotopic (exact) mass is 522 g/mol. The summed E-state index contributed by atoms with van der Waals surface area (Å²) in [6.45, 7) is 1.23. The molecule has 1 heterocycles. The Balaban J connectivity index is 0.00000320. The second kappa shape index (κ2) is 12.0. The number of methoxy groups -OCH3 is 2. The minimum atomic E-state index is 0. The fourth-order valence-electron chi connectivity index (χ4n) is 2.93. The van der Waals surface area contributed by atoms with Gasteiger partial charge in [-0.25, -0.2) is 0 Å². The average Bonchev–Trinajstić information content (AvgIpc) is 3.25. The quantitative estimate of drug-likeness (QED) is 0.269. The highest BCUT2D eigenvalue weighted by Gasteiger charge is 2.08. The second-order valence-corrected chi connectivity index (χ2v) is 6.24. The molecule has 9 heteroatoms. The second-order valence-electron chi connectivity index (χ2n) is 6.24. The van der Waals surface area contributed by atoms with Crippen LogP contribution in [0.1, 0.15) is 11.4 Å². The van der Waals surface area contributed by atoms with E-state index in [9.17, 15) is 0 Å². The molecule has 0 unspecified atom stereocenters. The van der Waals surface area contributed by atoms with Gasteiger partial charge in [-0.3, -0.25) is 9.56 Å². The van der Waals surface area contributed by atoms with Gasteiger partial charge in [0, 0.05) is 19.3 Å². The number of halogens is 1. The molecular weight excluding hydrogens is 495 g/mol. The van der Waals surface area contributed by atoms with E-state index >= 15 is 0 Å². The van der Waals surface area contributed by atoms with Crippen LogP contribution in [0.25, 0.3) is 5.69 Å². The highest BCUT2D eigenvalue weighted by Crippen LogP contribution is 2.27. The topological polar surface area (TPSA) is 85.6 Å². The number of rotatable bonds is 8. The van der Waals surface area contributed by atoms with Crippen molar-refractivity contribution in [1.82, 2.24) is 25.4 Å². The van der Waals surface area contributed by atoms with E-state index in [1.54, 1.807) is 27.6 Å². The van der Waals surface area contributed by atoms with Crippen molar-refractivity contribution in [1.29, 1.82) is 0 Å². The molecule has 0 atom stereocenters. The fraction of sp³-hybridized carbons (Fsp3) is 0.286. The number of hydrogen-bond donors (Lipinski definition) is 2. The number of aliphatic imine (C=N–C) groups is 1. The van der Waals surface area contributed by atoms with Crippen LogP contribution in [-0.2, 0) is 13.0 Å². The number of guanidine groups is 1. The molecule has 0 amide bonds. The van der Waals surface area contributed by atoms with Crippen LogP contribution in [0.15, 0.2) is 59.9 Å². The molecule has 30 heavy (non-hydrogen) atoms. The van der Waals surface area contributed by atoms with Crippen molar-refractivity contribution < 1.29 is 9.47 Å². The lowest BCUT2D eigenvalue weighted by atomic mass is 10.1. The van der Waals surface area contributed by atoms with Crippen LogP contribution >= 0.6 is 24.0 Å². The molecule has 0 spiro atoms. The molecule has 0 bridgehead atoms. The van der Waals surface area contributed by atoms with Crippen molar-refractivity contribution in [2.75, 3.05) is 27.8 Å². The van der Waals surface area contributed by atoms with Gasteiger partial charge in [-0.2, -0.15) is 0 Å². The molecule has 0 saturated heterocycles. The van der Waals surface area contributed by atoms with E-state index in [2.05, 4.69) is 25.8 Å². The Morgan fingerprint density at radius 1 is 1.03 bits per heavy atom. The van der Waals surface area contributed by atoms with Crippen molar-refractivity contribution in [3.63, 3.8) is 0 Å². The van der Waals surface area contributed by atoms with E-state index in [4.69, 9.17) is 9.47 Å². The third kappa shape index (κ3) is 6.09. The molecule has 0 fully saturated rings. The Hall–Kier alpha value is -2.82. The van der Waals surface area contributed by atoms with E-state index in [-0.39, 0.29) is 24.0 Å². The van der Waals surface area contributed by atoms with Gasteiger partial charge in [-0.05, 0) is 36.2 Å². The normalized spacial score (nSPS) is 10.8. The maximum absolute atomic E-state index is 5.36. The largest absolute Gasteiger partial charge is 0.493 e. The lowest BCUT2D eigenvalue weighted by molar-refractivity contribution is 0.354. The summed E-state index contributed by atoms with van der Waals surface area (Å²) in [5.74, 6) is 2.96. The summed E-state index contributed by atoms with van der Waals surface area (Å²) in [6.07, 6.45) is 2.53. The summed E-state index contributed by atoms with van der Waals surface area (Å²) in [5, 5.41) is 14.8. The highest BCUT2D eigenvalue weighted by atomic mass is 127. The van der Waals surface area contributed by atoms with Crippen LogP contribution in [0, 0.1) is 0 Å². The van der Waals surface area contributed by atoms with Gasteiger partial charge >= 0.3 is 0 Å². The van der Waals surface area contributed by atoms with Gasteiger partial charge in [-0.1, -0.05) is 24.3 Å². The lowest BCUT2D eigenvalue weighted by Crippen LogP contribution is -2.38. The van der Waals surface area contributed by atoms with Gasteiger partial charge < -0.3 is 20.1 Å².